The Morgan fingerprint density at radius 3 is 0.909 bits per heavy atom. The number of ether oxygens (including phenoxy) is 4. The molecule has 1 aliphatic rings. The summed E-state index contributed by atoms with van der Waals surface area (Å²) in [6.45, 7) is 14.7. The molecule has 13 rings (SSSR count). The molecule has 0 aromatic heterocycles. The van der Waals surface area contributed by atoms with E-state index >= 15 is 0 Å². The number of unbranched alkanes of at least 4 members (excludes halogenated alkanes) is 3. The summed E-state index contributed by atoms with van der Waals surface area (Å²) in [5.74, 6) is 2.43. The van der Waals surface area contributed by atoms with Crippen LogP contribution >= 0.6 is 15.9 Å². The molecule has 5 atom stereocenters. The van der Waals surface area contributed by atoms with Gasteiger partial charge in [-0.3, -0.25) is 4.79 Å². The SMILES string of the molecule is CC.CCCc1ccccc1.Cc1cc(OCc2ccccc2)cc(C(O)CBr)c1.Cc1cc(OCc2ccccc2)cc(C(O)CCCCc2ccccc2)c1.Cc1cc(OCc2ccccc2)cc(C2CO2)c1.O=CO[O-].Oc1cc(O)cc(C(O)CCCCc2ccccc2)c1.Oc1cc(O)cc(C(O)CCCCc2ccccc2)c1.[H-].[K+].[K+]. The molecule has 121 heavy (non-hydrogen) atoms. The van der Waals surface area contributed by atoms with Crippen LogP contribution in [0, 0.1) is 20.8 Å². The number of aliphatic hydroxyl groups excluding tert-OH is 4. The van der Waals surface area contributed by atoms with Gasteiger partial charge < -0.3 is 71.4 Å². The van der Waals surface area contributed by atoms with E-state index in [1.165, 1.54) is 88.2 Å². The van der Waals surface area contributed by atoms with Crippen LogP contribution in [0.2, 0.25) is 0 Å². The Balaban J connectivity index is 0.000000377. The molecule has 0 radical (unpaired) electrons. The van der Waals surface area contributed by atoms with E-state index < -0.39 is 24.4 Å². The summed E-state index contributed by atoms with van der Waals surface area (Å²) in [4.78, 5) is 11.2. The van der Waals surface area contributed by atoms with Crippen LogP contribution in [0.4, 0.5) is 0 Å². The summed E-state index contributed by atoms with van der Waals surface area (Å²) in [5, 5.41) is 87.1. The molecule has 0 spiro atoms. The average Bonchev–Trinajstić information content (AvgIpc) is 1.67. The minimum atomic E-state index is -0.649. The third-order valence-electron chi connectivity index (χ3n) is 18.7. The van der Waals surface area contributed by atoms with Gasteiger partial charge in [0, 0.05) is 17.5 Å². The number of halogens is 1. The zero-order valence-corrected chi connectivity index (χ0v) is 79.4. The van der Waals surface area contributed by atoms with E-state index in [1.807, 2.05) is 167 Å². The van der Waals surface area contributed by atoms with Crippen molar-refractivity contribution in [1.29, 1.82) is 0 Å². The minimum Gasteiger partial charge on any atom is -1.00 e. The van der Waals surface area contributed by atoms with Gasteiger partial charge in [0.2, 0.25) is 0 Å². The van der Waals surface area contributed by atoms with Crippen molar-refractivity contribution in [1.82, 2.24) is 0 Å². The van der Waals surface area contributed by atoms with Crippen molar-refractivity contribution in [3.8, 4) is 40.2 Å². The first kappa shape index (κ1) is 106. The van der Waals surface area contributed by atoms with Gasteiger partial charge in [-0.25, -0.2) is 0 Å². The number of hydrogen-bond donors (Lipinski definition) is 8. The predicted octanol–water partition coefficient (Wildman–Crippen LogP) is 17.0. The molecular weight excluding hydrogens is 1640 g/mol. The Morgan fingerprint density at radius 1 is 0.380 bits per heavy atom. The van der Waals surface area contributed by atoms with Crippen LogP contribution in [0.3, 0.4) is 0 Å². The van der Waals surface area contributed by atoms with Crippen molar-refractivity contribution in [3.63, 3.8) is 0 Å². The van der Waals surface area contributed by atoms with Gasteiger partial charge in [0.15, 0.2) is 0 Å². The number of aromatic hydroxyl groups is 4. The molecule has 15 nitrogen and oxygen atoms in total. The van der Waals surface area contributed by atoms with Gasteiger partial charge in [0.25, 0.3) is 6.47 Å². The summed E-state index contributed by atoms with van der Waals surface area (Å²) in [5.41, 5.74) is 16.4. The van der Waals surface area contributed by atoms with Crippen LogP contribution in [-0.2, 0) is 59.9 Å². The number of aryl methyl sites for hydroxylation is 7. The number of carbonyl (C=O) groups excluding carboxylic acids is 1. The molecule has 1 fully saturated rings. The van der Waals surface area contributed by atoms with Crippen molar-refractivity contribution in [2.24, 2.45) is 0 Å². The number of aliphatic hydroxyl groups is 4. The van der Waals surface area contributed by atoms with Crippen molar-refractivity contribution >= 4 is 22.4 Å². The molecule has 12 aromatic carbocycles. The number of hydrogen-bond acceptors (Lipinski definition) is 15. The van der Waals surface area contributed by atoms with Crippen LogP contribution in [0.1, 0.15) is 200 Å². The third-order valence-corrected chi connectivity index (χ3v) is 19.3. The Hall–Kier alpha value is -7.78. The maximum absolute atomic E-state index is 10.6. The van der Waals surface area contributed by atoms with Crippen LogP contribution < -0.4 is 122 Å². The molecule has 0 aliphatic carbocycles. The molecule has 0 bridgehead atoms. The number of rotatable bonds is 33. The Bertz CT molecular complexity index is 4540. The second-order valence-electron chi connectivity index (χ2n) is 28.8. The minimum absolute atomic E-state index is 0. The van der Waals surface area contributed by atoms with Crippen LogP contribution in [0.25, 0.3) is 0 Å². The second kappa shape index (κ2) is 63.2. The van der Waals surface area contributed by atoms with E-state index in [2.05, 4.69) is 162 Å². The third kappa shape index (κ3) is 45.4. The van der Waals surface area contributed by atoms with E-state index in [9.17, 15) is 40.9 Å². The summed E-state index contributed by atoms with van der Waals surface area (Å²) >= 11 is 3.29. The second-order valence-corrected chi connectivity index (χ2v) is 29.4. The van der Waals surface area contributed by atoms with Crippen molar-refractivity contribution in [2.45, 2.75) is 182 Å². The van der Waals surface area contributed by atoms with E-state index in [4.69, 9.17) is 29.0 Å². The zero-order chi connectivity index (χ0) is 85.6. The molecule has 1 saturated heterocycles. The maximum Gasteiger partial charge on any atom is 1.00 e. The van der Waals surface area contributed by atoms with E-state index in [1.54, 1.807) is 0 Å². The standard InChI is InChI=1S/C25H28O2.2C17H20O3.C16H17BrO2.C16H16O2.C9H12.C2H6.CH2O3.2K.H/c1-20-16-23(18-24(17-20)27-19-22-13-6-3-7-14-22)25(26)15-9-8-12-21-10-4-2-5-11-21;2*18-15-10-14(11-16(19)12-15)17(20)9-5-4-8-13-6-2-1-3-7-13;1-12-7-14(16(18)10-17)9-15(8-12)19-11-13-5-3-2-4-6-13;1-12-7-14(16-11-18-16)9-15(8-12)17-10-13-5-3-2-4-6-13;1-2-6-9-7-4-3-5-8-9;1-2;2-1-4-3;;;/h2-7,10-11,13-14,16-18,25-26H,8-9,12,15,19H2,1H3;2*1-3,6-7,10-12,17-20H,4-5,8-9H2;2-9,16,18H,10-11H2,1H3;2-9,16H,10-11H2,1H3;3-5,7-8H,2,6H2,1H3;1-2H3;1,3H;;;/q;;;;;;;;2*+1;-1/p-1. The molecule has 1 aliphatic heterocycles. The number of alkyl halides is 1. The van der Waals surface area contributed by atoms with Crippen LogP contribution in [-0.4, -0.2) is 59.3 Å². The molecule has 5 unspecified atom stereocenters. The normalized spacial score (nSPS) is 12.1. The largest absolute Gasteiger partial charge is 1.00 e. The van der Waals surface area contributed by atoms with Crippen LogP contribution in [0.5, 0.6) is 40.2 Å². The maximum atomic E-state index is 10.6. The summed E-state index contributed by atoms with van der Waals surface area (Å²) in [7, 11) is 0. The Kier molecular flexibility index (Phi) is 55.1. The molecule has 12 aromatic rings. The molecular formula is C103H121BrK2O15. The first-order valence-corrected chi connectivity index (χ1v) is 42.2. The van der Waals surface area contributed by atoms with E-state index in [0.717, 1.165) is 121 Å². The number of carbonyl (C=O) groups is 1. The van der Waals surface area contributed by atoms with Gasteiger partial charge in [-0.15, -0.1) is 0 Å². The van der Waals surface area contributed by atoms with E-state index in [-0.39, 0.29) is 140 Å². The Labute approximate surface area is 812 Å². The van der Waals surface area contributed by atoms with Gasteiger partial charge in [-0.2, -0.15) is 0 Å². The molecule has 1 heterocycles. The number of epoxide rings is 1. The fourth-order valence-electron chi connectivity index (χ4n) is 12.7. The summed E-state index contributed by atoms with van der Waals surface area (Å²) in [6.07, 6.45) is 11.5. The zero-order valence-electron chi connectivity index (χ0n) is 72.6. The number of benzene rings is 12. The van der Waals surface area contributed by atoms with Crippen molar-refractivity contribution in [3.05, 3.63) is 387 Å². The van der Waals surface area contributed by atoms with Crippen LogP contribution in [0.15, 0.2) is 303 Å². The smallest absolute Gasteiger partial charge is 1.00 e. The molecule has 0 amide bonds. The Morgan fingerprint density at radius 2 is 0.636 bits per heavy atom. The molecule has 18 heteroatoms. The number of phenols is 4. The fraction of sp³-hybridized carbons (Fsp3) is 0.291. The molecule has 8 N–H and O–H groups in total. The predicted molar refractivity (Wildman–Crippen MR) is 480 cm³/mol. The first-order valence-electron chi connectivity index (χ1n) is 41.0. The van der Waals surface area contributed by atoms with Gasteiger partial charge >= 0.3 is 103 Å². The fourth-order valence-corrected chi connectivity index (χ4v) is 13.1. The average molecular weight is 1760 g/mol. The van der Waals surface area contributed by atoms with Gasteiger partial charge in [0.05, 0.1) is 31.0 Å². The van der Waals surface area contributed by atoms with Crippen molar-refractivity contribution in [2.75, 3.05) is 11.9 Å². The number of phenolic OH excluding ortho intramolecular Hbond substituents is 4. The van der Waals surface area contributed by atoms with E-state index in [0.29, 0.717) is 49.1 Å². The van der Waals surface area contributed by atoms with Gasteiger partial charge in [-0.1, -0.05) is 293 Å². The molecule has 0 saturated carbocycles. The monoisotopic (exact) mass is 1750 g/mol. The summed E-state index contributed by atoms with van der Waals surface area (Å²) < 4.78 is 22.9. The first-order chi connectivity index (χ1) is 57.8. The molecule has 632 valence electrons. The topological polar surface area (TPSA) is 251 Å². The quantitative estimate of drug-likeness (QED) is 0.00362. The van der Waals surface area contributed by atoms with Gasteiger partial charge in [-0.05, 0) is 229 Å². The summed E-state index contributed by atoms with van der Waals surface area (Å²) in [6, 6.07) is 98.6. The van der Waals surface area contributed by atoms with Crippen molar-refractivity contribution < 1.29 is 179 Å². The van der Waals surface area contributed by atoms with Gasteiger partial charge in [0.1, 0.15) is 66.2 Å².